The van der Waals surface area contributed by atoms with Gasteiger partial charge in [-0.15, -0.1) is 0 Å². The van der Waals surface area contributed by atoms with E-state index in [0.29, 0.717) is 24.5 Å². The molecule has 1 amide bonds. The van der Waals surface area contributed by atoms with Gasteiger partial charge in [0, 0.05) is 56.0 Å². The third kappa shape index (κ3) is 3.12. The Hall–Kier alpha value is -2.34. The Kier molecular flexibility index (Phi) is 4.39. The Balaban J connectivity index is 1.81. The highest BCUT2D eigenvalue weighted by Gasteiger charge is 2.23. The molecule has 0 spiro atoms. The largest absolute Gasteiger partial charge is 0.381 e. The number of pyridine rings is 1. The highest BCUT2D eigenvalue weighted by Crippen LogP contribution is 2.19. The molecule has 6 nitrogen and oxygen atoms in total. The fourth-order valence-corrected chi connectivity index (χ4v) is 2.59. The van der Waals surface area contributed by atoms with Crippen LogP contribution >= 0.6 is 0 Å². The van der Waals surface area contributed by atoms with Gasteiger partial charge in [-0.25, -0.2) is 9.97 Å². The van der Waals surface area contributed by atoms with Crippen LogP contribution in [0.5, 0.6) is 0 Å². The summed E-state index contributed by atoms with van der Waals surface area (Å²) in [5.41, 5.74) is 2.13. The summed E-state index contributed by atoms with van der Waals surface area (Å²) in [5, 5.41) is 0. The number of nitrogens with zero attached hydrogens (tertiary/aromatic N) is 4. The lowest BCUT2D eigenvalue weighted by molar-refractivity contribution is 0.0362. The molecule has 22 heavy (non-hydrogen) atoms. The Morgan fingerprint density at radius 1 is 1.27 bits per heavy atom. The third-order valence-corrected chi connectivity index (χ3v) is 3.92. The minimum absolute atomic E-state index is 0.00685. The molecule has 0 radical (unpaired) electrons. The van der Waals surface area contributed by atoms with Gasteiger partial charge in [0.25, 0.3) is 5.91 Å². The van der Waals surface area contributed by atoms with Crippen molar-refractivity contribution in [1.82, 2.24) is 19.9 Å². The molecule has 114 valence electrons. The summed E-state index contributed by atoms with van der Waals surface area (Å²) in [6.07, 6.45) is 8.25. The van der Waals surface area contributed by atoms with Crippen molar-refractivity contribution in [1.29, 1.82) is 0 Å². The van der Waals surface area contributed by atoms with E-state index in [1.807, 2.05) is 11.9 Å². The number of hydrogen-bond donors (Lipinski definition) is 0. The minimum Gasteiger partial charge on any atom is -0.381 e. The first-order valence-corrected chi connectivity index (χ1v) is 7.32. The Bertz CT molecular complexity index is 642. The van der Waals surface area contributed by atoms with Crippen molar-refractivity contribution in [2.45, 2.75) is 18.9 Å². The van der Waals surface area contributed by atoms with E-state index in [2.05, 4.69) is 15.0 Å². The smallest absolute Gasteiger partial charge is 0.253 e. The van der Waals surface area contributed by atoms with Crippen LogP contribution in [0.1, 0.15) is 23.2 Å². The van der Waals surface area contributed by atoms with Gasteiger partial charge >= 0.3 is 0 Å². The molecule has 0 aliphatic carbocycles. The van der Waals surface area contributed by atoms with Gasteiger partial charge in [-0.3, -0.25) is 9.78 Å². The molecule has 1 aliphatic rings. The number of hydrogen-bond acceptors (Lipinski definition) is 5. The summed E-state index contributed by atoms with van der Waals surface area (Å²) in [4.78, 5) is 26.7. The predicted molar refractivity (Wildman–Crippen MR) is 81.2 cm³/mol. The fourth-order valence-electron chi connectivity index (χ4n) is 2.59. The lowest BCUT2D eigenvalue weighted by Gasteiger charge is -2.31. The zero-order valence-electron chi connectivity index (χ0n) is 12.5. The van der Waals surface area contributed by atoms with Crippen LogP contribution in [0.4, 0.5) is 0 Å². The molecule has 1 aliphatic heterocycles. The van der Waals surface area contributed by atoms with E-state index in [1.165, 1.54) is 6.33 Å². The molecule has 1 fully saturated rings. The maximum atomic E-state index is 12.7. The number of ether oxygens (including phenoxy) is 1. The van der Waals surface area contributed by atoms with Crippen molar-refractivity contribution >= 4 is 5.91 Å². The summed E-state index contributed by atoms with van der Waals surface area (Å²) >= 11 is 0. The summed E-state index contributed by atoms with van der Waals surface area (Å²) in [6, 6.07) is 3.76. The van der Waals surface area contributed by atoms with Crippen LogP contribution in [-0.4, -0.2) is 52.1 Å². The average molecular weight is 298 g/mol. The van der Waals surface area contributed by atoms with Crippen LogP contribution in [0.3, 0.4) is 0 Å². The van der Waals surface area contributed by atoms with E-state index >= 15 is 0 Å². The zero-order valence-corrected chi connectivity index (χ0v) is 12.5. The number of amides is 1. The van der Waals surface area contributed by atoms with E-state index in [0.717, 1.165) is 18.4 Å². The van der Waals surface area contributed by atoms with E-state index in [4.69, 9.17) is 4.74 Å². The minimum atomic E-state index is 0.00685. The van der Waals surface area contributed by atoms with Crippen molar-refractivity contribution in [2.75, 3.05) is 20.3 Å². The molecular formula is C16H18N4O2. The first kappa shape index (κ1) is 14.6. The molecule has 0 aromatic carbocycles. The lowest BCUT2D eigenvalue weighted by atomic mass is 10.1. The van der Waals surface area contributed by atoms with E-state index in [9.17, 15) is 4.79 Å². The molecule has 0 unspecified atom stereocenters. The Morgan fingerprint density at radius 2 is 2.00 bits per heavy atom. The number of rotatable bonds is 3. The summed E-state index contributed by atoms with van der Waals surface area (Å²) in [5.74, 6) is 0.00685. The van der Waals surface area contributed by atoms with Crippen LogP contribution in [0.2, 0.25) is 0 Å². The molecule has 2 aromatic heterocycles. The monoisotopic (exact) mass is 298 g/mol. The SMILES string of the molecule is CN(C(=O)c1ccnc(-c2cncnc2)c1)C1CCOCC1. The van der Waals surface area contributed by atoms with Crippen molar-refractivity contribution in [3.8, 4) is 11.3 Å². The van der Waals surface area contributed by atoms with E-state index in [1.54, 1.807) is 30.7 Å². The van der Waals surface area contributed by atoms with Crippen LogP contribution in [0.25, 0.3) is 11.3 Å². The second-order valence-corrected chi connectivity index (χ2v) is 5.32. The fraction of sp³-hybridized carbons (Fsp3) is 0.375. The van der Waals surface area contributed by atoms with Gasteiger partial charge < -0.3 is 9.64 Å². The third-order valence-electron chi connectivity index (χ3n) is 3.92. The second-order valence-electron chi connectivity index (χ2n) is 5.32. The summed E-state index contributed by atoms with van der Waals surface area (Å²) in [6.45, 7) is 1.43. The topological polar surface area (TPSA) is 68.2 Å². The van der Waals surface area contributed by atoms with Gasteiger partial charge in [0.15, 0.2) is 0 Å². The molecule has 0 bridgehead atoms. The summed E-state index contributed by atoms with van der Waals surface area (Å²) in [7, 11) is 1.85. The Labute approximate surface area is 129 Å². The molecule has 6 heteroatoms. The van der Waals surface area contributed by atoms with Gasteiger partial charge in [0.1, 0.15) is 6.33 Å². The quantitative estimate of drug-likeness (QED) is 0.864. The standard InChI is InChI=1S/C16H18N4O2/c1-20(14-3-6-22-7-4-14)16(21)12-2-5-19-15(8-12)13-9-17-11-18-10-13/h2,5,8-11,14H,3-4,6-7H2,1H3. The van der Waals surface area contributed by atoms with Crippen LogP contribution in [0.15, 0.2) is 37.1 Å². The molecule has 1 saturated heterocycles. The van der Waals surface area contributed by atoms with Crippen molar-refractivity contribution in [3.63, 3.8) is 0 Å². The van der Waals surface area contributed by atoms with Gasteiger partial charge in [-0.2, -0.15) is 0 Å². The predicted octanol–water partition coefficient (Wildman–Crippen LogP) is 1.79. The van der Waals surface area contributed by atoms with Crippen LogP contribution in [0, 0.1) is 0 Å². The van der Waals surface area contributed by atoms with E-state index < -0.39 is 0 Å². The van der Waals surface area contributed by atoms with Gasteiger partial charge in [0.05, 0.1) is 5.69 Å². The highest BCUT2D eigenvalue weighted by molar-refractivity contribution is 5.95. The van der Waals surface area contributed by atoms with Crippen molar-refractivity contribution in [3.05, 3.63) is 42.6 Å². The van der Waals surface area contributed by atoms with Crippen molar-refractivity contribution < 1.29 is 9.53 Å². The molecule has 3 rings (SSSR count). The molecule has 0 atom stereocenters. The van der Waals surface area contributed by atoms with E-state index in [-0.39, 0.29) is 11.9 Å². The maximum Gasteiger partial charge on any atom is 0.253 e. The first-order chi connectivity index (χ1) is 10.8. The Morgan fingerprint density at radius 3 is 2.73 bits per heavy atom. The lowest BCUT2D eigenvalue weighted by Crippen LogP contribution is -2.40. The van der Waals surface area contributed by atoms with Crippen LogP contribution in [-0.2, 0) is 4.74 Å². The highest BCUT2D eigenvalue weighted by atomic mass is 16.5. The molecule has 3 heterocycles. The first-order valence-electron chi connectivity index (χ1n) is 7.32. The molecule has 0 N–H and O–H groups in total. The number of carbonyl (C=O) groups is 1. The molecular weight excluding hydrogens is 280 g/mol. The summed E-state index contributed by atoms with van der Waals surface area (Å²) < 4.78 is 5.35. The van der Waals surface area contributed by atoms with Gasteiger partial charge in [-0.1, -0.05) is 0 Å². The van der Waals surface area contributed by atoms with Gasteiger partial charge in [0.2, 0.25) is 0 Å². The van der Waals surface area contributed by atoms with Crippen LogP contribution < -0.4 is 0 Å². The normalized spacial score (nSPS) is 15.5. The van der Waals surface area contributed by atoms with Crippen molar-refractivity contribution in [2.24, 2.45) is 0 Å². The second kappa shape index (κ2) is 6.62. The molecule has 0 saturated carbocycles. The van der Waals surface area contributed by atoms with Gasteiger partial charge in [-0.05, 0) is 25.0 Å². The number of carbonyl (C=O) groups excluding carboxylic acids is 1. The maximum absolute atomic E-state index is 12.7. The zero-order chi connectivity index (χ0) is 15.4. The average Bonchev–Trinajstić information content (AvgIpc) is 2.62. The molecule has 2 aromatic rings. The number of aromatic nitrogens is 3.